The molecule has 0 spiro atoms. The van der Waals surface area contributed by atoms with Crippen LogP contribution >= 0.6 is 11.3 Å². The Kier molecular flexibility index (Phi) is 9.92. The second-order valence-electron chi connectivity index (χ2n) is 10.0. The van der Waals surface area contributed by atoms with Crippen molar-refractivity contribution >= 4 is 29.1 Å². The number of nitrogens with zero attached hydrogens (tertiary/aromatic N) is 3. The Morgan fingerprint density at radius 1 is 1.12 bits per heavy atom. The van der Waals surface area contributed by atoms with Crippen LogP contribution in [0, 0.1) is 16.0 Å². The molecule has 3 aromatic rings. The molecule has 0 amide bonds. The lowest BCUT2D eigenvalue weighted by atomic mass is 9.95. The van der Waals surface area contributed by atoms with Gasteiger partial charge in [-0.05, 0) is 60.7 Å². The average Bonchev–Trinajstić information content (AvgIpc) is 3.26. The molecule has 1 unspecified atom stereocenters. The number of rotatable bonds is 12. The molecule has 0 aliphatic carbocycles. The van der Waals surface area contributed by atoms with Crippen molar-refractivity contribution < 1.29 is 28.7 Å². The van der Waals surface area contributed by atoms with Gasteiger partial charge in [0.15, 0.2) is 16.3 Å². The Hall–Kier alpha value is -4.29. The van der Waals surface area contributed by atoms with E-state index in [4.69, 9.17) is 18.9 Å². The quantitative estimate of drug-likeness (QED) is 0.134. The van der Waals surface area contributed by atoms with Crippen LogP contribution in [-0.2, 0) is 14.3 Å². The first kappa shape index (κ1) is 30.7. The molecule has 0 fully saturated rings. The SMILES string of the molecule is COCCOC(=O)C1=C(C)N=c2s/c(=C\c3ccc([N+](=O)[O-])cc3)c(=O)n2C1c1ccc(OCCC(C)C)c(OC)c1. The number of fused-ring (bicyclic) bond motifs is 1. The summed E-state index contributed by atoms with van der Waals surface area (Å²) >= 11 is 1.16. The van der Waals surface area contributed by atoms with Crippen LogP contribution in [0.1, 0.15) is 44.4 Å². The van der Waals surface area contributed by atoms with Gasteiger partial charge in [0.2, 0.25) is 0 Å². The van der Waals surface area contributed by atoms with Gasteiger partial charge in [0.05, 0.1) is 47.1 Å². The zero-order valence-corrected chi connectivity index (χ0v) is 24.9. The van der Waals surface area contributed by atoms with E-state index in [0.29, 0.717) is 50.2 Å². The van der Waals surface area contributed by atoms with E-state index in [1.54, 1.807) is 43.3 Å². The summed E-state index contributed by atoms with van der Waals surface area (Å²) < 4.78 is 23.9. The van der Waals surface area contributed by atoms with E-state index in [9.17, 15) is 19.7 Å². The van der Waals surface area contributed by atoms with Gasteiger partial charge in [-0.2, -0.15) is 0 Å². The molecule has 0 N–H and O–H groups in total. The highest BCUT2D eigenvalue weighted by molar-refractivity contribution is 7.07. The molecule has 2 aromatic carbocycles. The molecule has 4 rings (SSSR count). The van der Waals surface area contributed by atoms with Gasteiger partial charge >= 0.3 is 5.97 Å². The summed E-state index contributed by atoms with van der Waals surface area (Å²) in [5, 5.41) is 11.0. The molecule has 0 saturated heterocycles. The number of non-ortho nitro benzene ring substituents is 1. The first-order valence-corrected chi connectivity index (χ1v) is 14.2. The van der Waals surface area contributed by atoms with Gasteiger partial charge in [-0.1, -0.05) is 31.3 Å². The predicted molar refractivity (Wildman–Crippen MR) is 158 cm³/mol. The number of hydrogen-bond donors (Lipinski definition) is 0. The lowest BCUT2D eigenvalue weighted by Crippen LogP contribution is -2.40. The highest BCUT2D eigenvalue weighted by atomic mass is 32.1. The Balaban J connectivity index is 1.83. The van der Waals surface area contributed by atoms with Crippen molar-refractivity contribution in [3.8, 4) is 11.5 Å². The normalized spacial score (nSPS) is 14.9. The molecule has 1 aromatic heterocycles. The molecule has 0 radical (unpaired) electrons. The molecule has 0 bridgehead atoms. The maximum atomic E-state index is 13.9. The summed E-state index contributed by atoms with van der Waals surface area (Å²) in [6.45, 7) is 6.70. The van der Waals surface area contributed by atoms with E-state index in [1.165, 1.54) is 30.9 Å². The van der Waals surface area contributed by atoms with Crippen molar-refractivity contribution in [1.29, 1.82) is 0 Å². The van der Waals surface area contributed by atoms with Crippen molar-refractivity contribution in [3.05, 3.63) is 94.7 Å². The number of nitro benzene ring substituents is 1. The second kappa shape index (κ2) is 13.6. The number of benzene rings is 2. The van der Waals surface area contributed by atoms with E-state index < -0.39 is 16.9 Å². The van der Waals surface area contributed by atoms with Crippen molar-refractivity contribution in [1.82, 2.24) is 4.57 Å². The third-order valence-electron chi connectivity index (χ3n) is 6.62. The second-order valence-corrected chi connectivity index (χ2v) is 11.0. The molecule has 222 valence electrons. The van der Waals surface area contributed by atoms with Crippen molar-refractivity contribution in [2.45, 2.75) is 33.2 Å². The molecule has 42 heavy (non-hydrogen) atoms. The number of allylic oxidation sites excluding steroid dienone is 1. The van der Waals surface area contributed by atoms with Crippen molar-refractivity contribution in [2.75, 3.05) is 34.0 Å². The first-order valence-electron chi connectivity index (χ1n) is 13.4. The van der Waals surface area contributed by atoms with Gasteiger partial charge < -0.3 is 18.9 Å². The zero-order valence-electron chi connectivity index (χ0n) is 24.1. The van der Waals surface area contributed by atoms with E-state index in [1.807, 2.05) is 0 Å². The zero-order chi connectivity index (χ0) is 30.4. The van der Waals surface area contributed by atoms with E-state index in [-0.39, 0.29) is 30.0 Å². The molecular weight excluding hydrogens is 562 g/mol. The summed E-state index contributed by atoms with van der Waals surface area (Å²) in [5.41, 5.74) is 1.44. The highest BCUT2D eigenvalue weighted by Crippen LogP contribution is 2.36. The Labute approximate surface area is 246 Å². The number of carbonyl (C=O) groups is 1. The van der Waals surface area contributed by atoms with Crippen LogP contribution in [0.25, 0.3) is 6.08 Å². The van der Waals surface area contributed by atoms with Gasteiger partial charge in [0.1, 0.15) is 6.61 Å². The fourth-order valence-corrected chi connectivity index (χ4v) is 5.46. The average molecular weight is 596 g/mol. The fraction of sp³-hybridized carbons (Fsp3) is 0.367. The van der Waals surface area contributed by atoms with Crippen LogP contribution in [0.2, 0.25) is 0 Å². The maximum Gasteiger partial charge on any atom is 0.338 e. The summed E-state index contributed by atoms with van der Waals surface area (Å²) in [7, 11) is 3.04. The van der Waals surface area contributed by atoms with E-state index >= 15 is 0 Å². The molecule has 11 nitrogen and oxygen atoms in total. The monoisotopic (exact) mass is 595 g/mol. The van der Waals surface area contributed by atoms with E-state index in [2.05, 4.69) is 18.8 Å². The number of methoxy groups -OCH3 is 2. The molecule has 1 atom stereocenters. The van der Waals surface area contributed by atoms with Crippen LogP contribution in [0.15, 0.2) is 63.5 Å². The number of nitro groups is 1. The Morgan fingerprint density at radius 3 is 2.50 bits per heavy atom. The van der Waals surface area contributed by atoms with Gasteiger partial charge in [-0.3, -0.25) is 19.5 Å². The summed E-state index contributed by atoms with van der Waals surface area (Å²) in [6.07, 6.45) is 2.52. The van der Waals surface area contributed by atoms with Gasteiger partial charge in [-0.15, -0.1) is 0 Å². The summed E-state index contributed by atoms with van der Waals surface area (Å²) in [5.74, 6) is 0.879. The van der Waals surface area contributed by atoms with Crippen LogP contribution < -0.4 is 24.4 Å². The number of hydrogen-bond acceptors (Lipinski definition) is 10. The highest BCUT2D eigenvalue weighted by Gasteiger charge is 2.34. The van der Waals surface area contributed by atoms with Crippen LogP contribution in [0.4, 0.5) is 5.69 Å². The number of thiazole rings is 1. The van der Waals surface area contributed by atoms with Gasteiger partial charge in [0, 0.05) is 19.2 Å². The van der Waals surface area contributed by atoms with Crippen LogP contribution in [-0.4, -0.2) is 49.5 Å². The molecule has 12 heteroatoms. The smallest absolute Gasteiger partial charge is 0.338 e. The predicted octanol–water partition coefficient (Wildman–Crippen LogP) is 3.77. The van der Waals surface area contributed by atoms with Crippen LogP contribution in [0.3, 0.4) is 0 Å². The molecule has 2 heterocycles. The minimum absolute atomic E-state index is 0.0371. The first-order chi connectivity index (χ1) is 20.1. The number of esters is 1. The number of carbonyl (C=O) groups excluding carboxylic acids is 1. The maximum absolute atomic E-state index is 13.9. The van der Waals surface area contributed by atoms with Gasteiger partial charge in [0.25, 0.3) is 11.2 Å². The topological polar surface area (TPSA) is 131 Å². The summed E-state index contributed by atoms with van der Waals surface area (Å²) in [4.78, 5) is 42.8. The lowest BCUT2D eigenvalue weighted by molar-refractivity contribution is -0.384. The standard InChI is InChI=1S/C30H33N3O8S/c1-18(2)12-13-40-23-11-8-21(17-24(23)39-5)27-26(29(35)41-15-14-38-4)19(3)31-30-32(27)28(34)25(42-30)16-20-6-9-22(10-7-20)33(36)37/h6-11,16-18,27H,12-15H2,1-5H3/b25-16-. The molecule has 1 aliphatic heterocycles. The van der Waals surface area contributed by atoms with Crippen LogP contribution in [0.5, 0.6) is 11.5 Å². The fourth-order valence-electron chi connectivity index (χ4n) is 4.42. The largest absolute Gasteiger partial charge is 0.493 e. The minimum Gasteiger partial charge on any atom is -0.493 e. The van der Waals surface area contributed by atoms with Crippen molar-refractivity contribution in [3.63, 3.8) is 0 Å². The van der Waals surface area contributed by atoms with E-state index in [0.717, 1.165) is 17.8 Å². The molecule has 1 aliphatic rings. The van der Waals surface area contributed by atoms with Crippen molar-refractivity contribution in [2.24, 2.45) is 10.9 Å². The molecule has 0 saturated carbocycles. The van der Waals surface area contributed by atoms with Gasteiger partial charge in [-0.25, -0.2) is 9.79 Å². The number of ether oxygens (including phenoxy) is 4. The summed E-state index contributed by atoms with van der Waals surface area (Å²) in [6, 6.07) is 10.4. The third-order valence-corrected chi connectivity index (χ3v) is 7.60. The minimum atomic E-state index is -0.853. The Bertz CT molecular complexity index is 1670. The third kappa shape index (κ3) is 6.77. The lowest BCUT2D eigenvalue weighted by Gasteiger charge is -2.25. The molecular formula is C30H33N3O8S. The number of aromatic nitrogens is 1. The Morgan fingerprint density at radius 2 is 1.86 bits per heavy atom.